The van der Waals surface area contributed by atoms with E-state index in [0.717, 1.165) is 31.1 Å². The minimum atomic E-state index is -0.240. The summed E-state index contributed by atoms with van der Waals surface area (Å²) in [5.41, 5.74) is 0. The lowest BCUT2D eigenvalue weighted by atomic mass is 9.92. The Balaban J connectivity index is 1.81. The Morgan fingerprint density at radius 1 is 1.63 bits per heavy atom. The van der Waals surface area contributed by atoms with Crippen LogP contribution >= 0.6 is 11.3 Å². The van der Waals surface area contributed by atoms with Gasteiger partial charge in [0.15, 0.2) is 5.13 Å². The highest BCUT2D eigenvalue weighted by Gasteiger charge is 2.25. The summed E-state index contributed by atoms with van der Waals surface area (Å²) in [5, 5.41) is 12.2. The molecule has 5 nitrogen and oxygen atoms in total. The molecule has 1 N–H and O–H groups in total. The molecule has 6 heteroatoms. The van der Waals surface area contributed by atoms with E-state index in [-0.39, 0.29) is 12.0 Å². The minimum absolute atomic E-state index is 0.0745. The molecule has 0 aliphatic carbocycles. The molecule has 1 fully saturated rings. The van der Waals surface area contributed by atoms with Gasteiger partial charge in [-0.2, -0.15) is 0 Å². The van der Waals surface area contributed by atoms with Gasteiger partial charge in [-0.25, -0.2) is 4.98 Å². The van der Waals surface area contributed by atoms with Crippen molar-refractivity contribution in [3.63, 3.8) is 0 Å². The van der Waals surface area contributed by atoms with Crippen LogP contribution in [-0.2, 0) is 4.79 Å². The van der Waals surface area contributed by atoms with Gasteiger partial charge < -0.3 is 5.11 Å². The maximum atomic E-state index is 12.1. The summed E-state index contributed by atoms with van der Waals surface area (Å²) in [5.74, 6) is 0.452. The SMILES string of the molecule is CC(O)C1CCN(CC(=O)N(C)c2nccs2)CC1. The van der Waals surface area contributed by atoms with Crippen LogP contribution in [0.5, 0.6) is 0 Å². The van der Waals surface area contributed by atoms with Crippen LogP contribution in [0.2, 0.25) is 0 Å². The number of piperidine rings is 1. The number of hydrogen-bond donors (Lipinski definition) is 1. The maximum Gasteiger partial charge on any atom is 0.242 e. The number of anilines is 1. The van der Waals surface area contributed by atoms with E-state index in [4.69, 9.17) is 0 Å². The van der Waals surface area contributed by atoms with E-state index in [2.05, 4.69) is 9.88 Å². The molecule has 0 bridgehead atoms. The number of amides is 1. The first-order chi connectivity index (χ1) is 9.08. The van der Waals surface area contributed by atoms with Crippen molar-refractivity contribution in [3.8, 4) is 0 Å². The van der Waals surface area contributed by atoms with Crippen LogP contribution in [0, 0.1) is 5.92 Å². The van der Waals surface area contributed by atoms with Gasteiger partial charge >= 0.3 is 0 Å². The summed E-state index contributed by atoms with van der Waals surface area (Å²) < 4.78 is 0. The van der Waals surface area contributed by atoms with Crippen LogP contribution in [0.15, 0.2) is 11.6 Å². The number of rotatable bonds is 4. The van der Waals surface area contributed by atoms with E-state index in [0.29, 0.717) is 12.5 Å². The lowest BCUT2D eigenvalue weighted by Gasteiger charge is -2.33. The monoisotopic (exact) mass is 283 g/mol. The molecule has 1 aliphatic rings. The van der Waals surface area contributed by atoms with Gasteiger partial charge in [0.2, 0.25) is 5.91 Å². The molecule has 0 aromatic carbocycles. The third kappa shape index (κ3) is 3.75. The first-order valence-electron chi connectivity index (χ1n) is 6.64. The maximum absolute atomic E-state index is 12.1. The summed E-state index contributed by atoms with van der Waals surface area (Å²) in [6.07, 6.45) is 3.39. The lowest BCUT2D eigenvalue weighted by molar-refractivity contribution is -0.119. The van der Waals surface area contributed by atoms with Crippen LogP contribution in [0.3, 0.4) is 0 Å². The predicted molar refractivity (Wildman–Crippen MR) is 76.4 cm³/mol. The number of carbonyl (C=O) groups is 1. The zero-order chi connectivity index (χ0) is 13.8. The molecule has 0 saturated carbocycles. The standard InChI is InChI=1S/C13H21N3O2S/c1-10(17)11-3-6-16(7-4-11)9-12(18)15(2)13-14-5-8-19-13/h5,8,10-11,17H,3-4,6-7,9H2,1-2H3. The number of aliphatic hydroxyl groups excluding tert-OH is 1. The first-order valence-corrected chi connectivity index (χ1v) is 7.52. The molecule has 106 valence electrons. The van der Waals surface area contributed by atoms with E-state index >= 15 is 0 Å². The first kappa shape index (κ1) is 14.4. The normalized spacial score (nSPS) is 19.3. The molecule has 2 rings (SSSR count). The van der Waals surface area contributed by atoms with Crippen LogP contribution in [0.1, 0.15) is 19.8 Å². The van der Waals surface area contributed by atoms with Crippen molar-refractivity contribution < 1.29 is 9.90 Å². The van der Waals surface area contributed by atoms with E-state index < -0.39 is 0 Å². The molecule has 1 atom stereocenters. The summed E-state index contributed by atoms with van der Waals surface area (Å²) in [4.78, 5) is 20.0. The Morgan fingerprint density at radius 2 is 2.32 bits per heavy atom. The molecule has 1 unspecified atom stereocenters. The Hall–Kier alpha value is -0.980. The largest absolute Gasteiger partial charge is 0.393 e. The average molecular weight is 283 g/mol. The van der Waals surface area contributed by atoms with Crippen molar-refractivity contribution in [2.45, 2.75) is 25.9 Å². The highest BCUT2D eigenvalue weighted by Crippen LogP contribution is 2.21. The van der Waals surface area contributed by atoms with Gasteiger partial charge in [0.05, 0.1) is 12.6 Å². The van der Waals surface area contributed by atoms with E-state index in [1.54, 1.807) is 18.1 Å². The van der Waals surface area contributed by atoms with Gasteiger partial charge in [-0.1, -0.05) is 0 Å². The zero-order valence-electron chi connectivity index (χ0n) is 11.5. The van der Waals surface area contributed by atoms with Crippen molar-refractivity contribution in [1.82, 2.24) is 9.88 Å². The summed E-state index contributed by atoms with van der Waals surface area (Å²) >= 11 is 1.47. The summed E-state index contributed by atoms with van der Waals surface area (Å²) in [6, 6.07) is 0. The number of thiazole rings is 1. The van der Waals surface area contributed by atoms with Crippen molar-refractivity contribution in [2.24, 2.45) is 5.92 Å². The fraction of sp³-hybridized carbons (Fsp3) is 0.692. The van der Waals surface area contributed by atoms with Crippen LogP contribution in [0.4, 0.5) is 5.13 Å². The molecule has 1 aromatic rings. The number of nitrogens with zero attached hydrogens (tertiary/aromatic N) is 3. The van der Waals surface area contributed by atoms with Crippen molar-refractivity contribution in [2.75, 3.05) is 31.6 Å². The van der Waals surface area contributed by atoms with Crippen molar-refractivity contribution in [1.29, 1.82) is 0 Å². The van der Waals surface area contributed by atoms with Crippen molar-refractivity contribution >= 4 is 22.4 Å². The smallest absolute Gasteiger partial charge is 0.242 e. The number of hydrogen-bond acceptors (Lipinski definition) is 5. The van der Waals surface area contributed by atoms with Crippen LogP contribution in [-0.4, -0.2) is 53.7 Å². The topological polar surface area (TPSA) is 56.7 Å². The highest BCUT2D eigenvalue weighted by molar-refractivity contribution is 7.13. The number of carbonyl (C=O) groups excluding carboxylic acids is 1. The number of likely N-dealkylation sites (tertiary alicyclic amines) is 1. The molecule has 1 saturated heterocycles. The van der Waals surface area contributed by atoms with Gasteiger partial charge in [-0.15, -0.1) is 11.3 Å². The number of likely N-dealkylation sites (N-methyl/N-ethyl adjacent to an activating group) is 1. The summed E-state index contributed by atoms with van der Waals surface area (Å²) in [7, 11) is 1.77. The second-order valence-corrected chi connectivity index (χ2v) is 5.99. The Kier molecular flexibility index (Phi) is 4.90. The lowest BCUT2D eigenvalue weighted by Crippen LogP contribution is -2.43. The number of aliphatic hydroxyl groups is 1. The van der Waals surface area contributed by atoms with Gasteiger partial charge in [0.25, 0.3) is 0 Å². The molecule has 1 aromatic heterocycles. The van der Waals surface area contributed by atoms with Crippen molar-refractivity contribution in [3.05, 3.63) is 11.6 Å². The van der Waals surface area contributed by atoms with E-state index in [1.807, 2.05) is 12.3 Å². The average Bonchev–Trinajstić information content (AvgIpc) is 2.92. The molecule has 1 amide bonds. The highest BCUT2D eigenvalue weighted by atomic mass is 32.1. The molecular formula is C13H21N3O2S. The van der Waals surface area contributed by atoms with E-state index in [1.165, 1.54) is 11.3 Å². The molecule has 0 spiro atoms. The van der Waals surface area contributed by atoms with Crippen LogP contribution < -0.4 is 4.90 Å². The van der Waals surface area contributed by atoms with Gasteiger partial charge in [-0.05, 0) is 38.8 Å². The fourth-order valence-corrected chi connectivity index (χ4v) is 3.00. The second-order valence-electron chi connectivity index (χ2n) is 5.12. The molecule has 0 radical (unpaired) electrons. The molecular weight excluding hydrogens is 262 g/mol. The molecule has 1 aliphatic heterocycles. The van der Waals surface area contributed by atoms with Crippen LogP contribution in [0.25, 0.3) is 0 Å². The molecule has 19 heavy (non-hydrogen) atoms. The Labute approximate surface area is 117 Å². The number of aromatic nitrogens is 1. The minimum Gasteiger partial charge on any atom is -0.393 e. The molecule has 2 heterocycles. The Bertz CT molecular complexity index is 400. The van der Waals surface area contributed by atoms with E-state index in [9.17, 15) is 9.90 Å². The fourth-order valence-electron chi connectivity index (χ4n) is 2.38. The quantitative estimate of drug-likeness (QED) is 0.902. The zero-order valence-corrected chi connectivity index (χ0v) is 12.3. The Morgan fingerprint density at radius 3 is 2.84 bits per heavy atom. The third-order valence-corrected chi connectivity index (χ3v) is 4.60. The van der Waals surface area contributed by atoms with Gasteiger partial charge in [0, 0.05) is 18.6 Å². The predicted octanol–water partition coefficient (Wildman–Crippen LogP) is 1.20. The van der Waals surface area contributed by atoms with Gasteiger partial charge in [0.1, 0.15) is 0 Å². The summed E-state index contributed by atoms with van der Waals surface area (Å²) in [6.45, 7) is 4.05. The van der Waals surface area contributed by atoms with Gasteiger partial charge in [-0.3, -0.25) is 14.6 Å². The second kappa shape index (κ2) is 6.45. The third-order valence-electron chi connectivity index (χ3n) is 3.75.